The Morgan fingerprint density at radius 2 is 2.29 bits per heavy atom. The highest BCUT2D eigenvalue weighted by Crippen LogP contribution is 2.30. The minimum atomic E-state index is -0.0201. The lowest BCUT2D eigenvalue weighted by Crippen LogP contribution is -2.17. The molecule has 0 radical (unpaired) electrons. The van der Waals surface area contributed by atoms with Crippen molar-refractivity contribution in [3.63, 3.8) is 0 Å². The number of benzene rings is 1. The number of hydrogen-bond acceptors (Lipinski definition) is 4. The van der Waals surface area contributed by atoms with Crippen molar-refractivity contribution in [1.82, 2.24) is 0 Å². The highest BCUT2D eigenvalue weighted by atomic mass is 16.5. The van der Waals surface area contributed by atoms with Crippen LogP contribution < -0.4 is 10.5 Å². The molecule has 4 nitrogen and oxygen atoms in total. The van der Waals surface area contributed by atoms with Crippen LogP contribution in [-0.2, 0) is 0 Å². The SMILES string of the molecule is N#Cc1cc(N)c2c(c1)OCCC2=O. The van der Waals surface area contributed by atoms with Crippen LogP contribution in [-0.4, -0.2) is 12.4 Å². The number of fused-ring (bicyclic) bond motifs is 1. The second kappa shape index (κ2) is 3.04. The molecule has 2 rings (SSSR count). The number of ether oxygens (including phenoxy) is 1. The molecule has 0 saturated carbocycles. The smallest absolute Gasteiger partial charge is 0.172 e. The lowest BCUT2D eigenvalue weighted by molar-refractivity contribution is 0.0935. The van der Waals surface area contributed by atoms with Gasteiger partial charge in [0.2, 0.25) is 0 Å². The van der Waals surface area contributed by atoms with Crippen molar-refractivity contribution < 1.29 is 9.53 Å². The quantitative estimate of drug-likeness (QED) is 0.618. The van der Waals surface area contributed by atoms with Crippen molar-refractivity contribution in [3.8, 4) is 11.8 Å². The Labute approximate surface area is 80.9 Å². The van der Waals surface area contributed by atoms with Crippen LogP contribution >= 0.6 is 0 Å². The van der Waals surface area contributed by atoms with Crippen molar-refractivity contribution in [2.45, 2.75) is 6.42 Å². The summed E-state index contributed by atoms with van der Waals surface area (Å²) in [6.45, 7) is 0.361. The first kappa shape index (κ1) is 8.57. The van der Waals surface area contributed by atoms with E-state index in [9.17, 15) is 4.79 Å². The summed E-state index contributed by atoms with van der Waals surface area (Å²) in [5, 5.41) is 8.68. The zero-order valence-corrected chi connectivity index (χ0v) is 7.41. The van der Waals surface area contributed by atoms with E-state index in [1.165, 1.54) is 6.07 Å². The van der Waals surface area contributed by atoms with Crippen LogP contribution in [0.2, 0.25) is 0 Å². The van der Waals surface area contributed by atoms with Gasteiger partial charge in [-0.05, 0) is 12.1 Å². The summed E-state index contributed by atoms with van der Waals surface area (Å²) in [4.78, 5) is 11.5. The highest BCUT2D eigenvalue weighted by Gasteiger charge is 2.21. The molecule has 14 heavy (non-hydrogen) atoms. The molecule has 4 heteroatoms. The zero-order chi connectivity index (χ0) is 10.1. The van der Waals surface area contributed by atoms with E-state index in [2.05, 4.69) is 0 Å². The average Bonchev–Trinajstić information content (AvgIpc) is 2.17. The Kier molecular flexibility index (Phi) is 1.86. The number of anilines is 1. The monoisotopic (exact) mass is 188 g/mol. The maximum absolute atomic E-state index is 11.5. The zero-order valence-electron chi connectivity index (χ0n) is 7.41. The lowest BCUT2D eigenvalue weighted by Gasteiger charge is -2.17. The van der Waals surface area contributed by atoms with E-state index in [1.54, 1.807) is 6.07 Å². The minimum absolute atomic E-state index is 0.0201. The Hall–Kier alpha value is -2.02. The van der Waals surface area contributed by atoms with Gasteiger partial charge in [-0.15, -0.1) is 0 Å². The first-order chi connectivity index (χ1) is 6.72. The van der Waals surface area contributed by atoms with Crippen LogP contribution in [0.1, 0.15) is 22.3 Å². The van der Waals surface area contributed by atoms with Gasteiger partial charge in [-0.3, -0.25) is 4.79 Å². The first-order valence-electron chi connectivity index (χ1n) is 4.22. The van der Waals surface area contributed by atoms with Crippen molar-refractivity contribution in [2.24, 2.45) is 0 Å². The van der Waals surface area contributed by atoms with Crippen LogP contribution in [0.4, 0.5) is 5.69 Å². The Balaban J connectivity index is 2.64. The summed E-state index contributed by atoms with van der Waals surface area (Å²) in [6, 6.07) is 5.00. The molecule has 0 amide bonds. The standard InChI is InChI=1S/C10H8N2O2/c11-5-6-3-7(12)10-8(13)1-2-14-9(10)4-6/h3-4H,1-2,12H2. The van der Waals surface area contributed by atoms with Crippen LogP contribution in [0, 0.1) is 11.3 Å². The molecule has 0 unspecified atom stereocenters. The number of nitrogens with two attached hydrogens (primary N) is 1. The number of Topliss-reactive ketones (excluding diaryl/α,β-unsaturated/α-hetero) is 1. The van der Waals surface area contributed by atoms with Crippen LogP contribution in [0.5, 0.6) is 5.75 Å². The van der Waals surface area contributed by atoms with Crippen molar-refractivity contribution in [1.29, 1.82) is 5.26 Å². The summed E-state index contributed by atoms with van der Waals surface area (Å²) in [5.41, 5.74) is 6.80. The highest BCUT2D eigenvalue weighted by molar-refractivity contribution is 6.04. The molecule has 0 atom stereocenters. The minimum Gasteiger partial charge on any atom is -0.492 e. The van der Waals surface area contributed by atoms with Gasteiger partial charge in [0, 0.05) is 12.1 Å². The number of nitriles is 1. The number of rotatable bonds is 0. The molecule has 1 aromatic rings. The van der Waals surface area contributed by atoms with Gasteiger partial charge >= 0.3 is 0 Å². The molecule has 0 spiro atoms. The van der Waals surface area contributed by atoms with E-state index in [0.717, 1.165) is 0 Å². The third-order valence-corrected chi connectivity index (χ3v) is 2.13. The van der Waals surface area contributed by atoms with Crippen molar-refractivity contribution in [2.75, 3.05) is 12.3 Å². The number of carbonyl (C=O) groups is 1. The normalized spacial score (nSPS) is 14.1. The summed E-state index contributed by atoms with van der Waals surface area (Å²) < 4.78 is 5.27. The van der Waals surface area contributed by atoms with E-state index < -0.39 is 0 Å². The lowest BCUT2D eigenvalue weighted by atomic mass is 10.0. The van der Waals surface area contributed by atoms with Gasteiger partial charge in [-0.25, -0.2) is 0 Å². The molecule has 2 N–H and O–H groups in total. The molecule has 70 valence electrons. The summed E-state index contributed by atoms with van der Waals surface area (Å²) in [6.07, 6.45) is 0.350. The maximum Gasteiger partial charge on any atom is 0.172 e. The summed E-state index contributed by atoms with van der Waals surface area (Å²) in [7, 11) is 0. The molecule has 1 aromatic carbocycles. The Morgan fingerprint density at radius 1 is 1.50 bits per heavy atom. The molecule has 0 bridgehead atoms. The van der Waals surface area contributed by atoms with Gasteiger partial charge in [0.25, 0.3) is 0 Å². The molecular formula is C10H8N2O2. The molecule has 1 aliphatic rings. The second-order valence-electron chi connectivity index (χ2n) is 3.07. The van der Waals surface area contributed by atoms with E-state index in [-0.39, 0.29) is 5.78 Å². The van der Waals surface area contributed by atoms with E-state index in [4.69, 9.17) is 15.7 Å². The average molecular weight is 188 g/mol. The van der Waals surface area contributed by atoms with Crippen LogP contribution in [0.15, 0.2) is 12.1 Å². The number of nitrogen functional groups attached to an aromatic ring is 1. The molecule has 0 fully saturated rings. The second-order valence-corrected chi connectivity index (χ2v) is 3.07. The number of ketones is 1. The molecule has 0 saturated heterocycles. The van der Waals surface area contributed by atoms with E-state index in [1.807, 2.05) is 6.07 Å². The molecular weight excluding hydrogens is 180 g/mol. The van der Waals surface area contributed by atoms with Crippen molar-refractivity contribution in [3.05, 3.63) is 23.3 Å². The maximum atomic E-state index is 11.5. The fourth-order valence-electron chi connectivity index (χ4n) is 1.49. The van der Waals surface area contributed by atoms with Gasteiger partial charge in [0.15, 0.2) is 5.78 Å². The fourth-order valence-corrected chi connectivity index (χ4v) is 1.49. The summed E-state index contributed by atoms with van der Waals surface area (Å²) >= 11 is 0. The van der Waals surface area contributed by atoms with E-state index >= 15 is 0 Å². The topological polar surface area (TPSA) is 76.1 Å². The predicted molar refractivity (Wildman–Crippen MR) is 50.0 cm³/mol. The number of carbonyl (C=O) groups excluding carboxylic acids is 1. The van der Waals surface area contributed by atoms with Gasteiger partial charge in [-0.1, -0.05) is 0 Å². The molecule has 0 aromatic heterocycles. The molecule has 0 aliphatic carbocycles. The van der Waals surface area contributed by atoms with Gasteiger partial charge in [0.05, 0.1) is 23.8 Å². The predicted octanol–water partition coefficient (Wildman–Crippen LogP) is 1.11. The Morgan fingerprint density at radius 3 is 3.00 bits per heavy atom. The van der Waals surface area contributed by atoms with Gasteiger partial charge in [0.1, 0.15) is 5.75 Å². The first-order valence-corrected chi connectivity index (χ1v) is 4.22. The molecule has 1 heterocycles. The number of hydrogen-bond donors (Lipinski definition) is 1. The number of nitrogens with zero attached hydrogens (tertiary/aromatic N) is 1. The third-order valence-electron chi connectivity index (χ3n) is 2.13. The Bertz CT molecular complexity index is 446. The van der Waals surface area contributed by atoms with Crippen molar-refractivity contribution >= 4 is 11.5 Å². The third kappa shape index (κ3) is 1.19. The molecule has 1 aliphatic heterocycles. The van der Waals surface area contributed by atoms with Gasteiger partial charge < -0.3 is 10.5 Å². The van der Waals surface area contributed by atoms with E-state index in [0.29, 0.717) is 35.6 Å². The van der Waals surface area contributed by atoms with Crippen LogP contribution in [0.3, 0.4) is 0 Å². The largest absolute Gasteiger partial charge is 0.492 e. The van der Waals surface area contributed by atoms with Crippen LogP contribution in [0.25, 0.3) is 0 Å². The van der Waals surface area contributed by atoms with Gasteiger partial charge in [-0.2, -0.15) is 5.26 Å². The summed E-state index contributed by atoms with van der Waals surface area (Å²) in [5.74, 6) is 0.408. The fraction of sp³-hybridized carbons (Fsp3) is 0.200.